The van der Waals surface area contributed by atoms with Gasteiger partial charge < -0.3 is 14.1 Å². The molecule has 8 heteroatoms. The van der Waals surface area contributed by atoms with Crippen LogP contribution >= 0.6 is 11.6 Å². The number of carbonyl (C=O) groups is 2. The van der Waals surface area contributed by atoms with Crippen molar-refractivity contribution < 1.29 is 18.7 Å². The number of anilines is 2. The molecule has 3 aromatic rings. The van der Waals surface area contributed by atoms with Crippen molar-refractivity contribution in [2.45, 2.75) is 19.3 Å². The molecule has 1 aliphatic heterocycles. The highest BCUT2D eigenvalue weighted by atomic mass is 35.5. The Labute approximate surface area is 179 Å². The molecule has 1 fully saturated rings. The Morgan fingerprint density at radius 1 is 1.10 bits per heavy atom. The minimum Gasteiger partial charge on any atom is -0.462 e. The van der Waals surface area contributed by atoms with Crippen molar-refractivity contribution >= 4 is 45.9 Å². The molecule has 1 saturated heterocycles. The standard InChI is InChI=1S/C22H22ClN3O4/c23-16-8-9-20(24-14-16)26(18-15-30-19-5-2-1-4-17(18)19)22(28)7-3-6-21(27)25-10-12-29-13-11-25/h1-2,4-5,8-9,14-15H,3,6-7,10-13H2. The van der Waals surface area contributed by atoms with Gasteiger partial charge in [-0.3, -0.25) is 14.5 Å². The number of pyridine rings is 1. The second kappa shape index (κ2) is 9.28. The van der Waals surface area contributed by atoms with Crippen LogP contribution in [0.25, 0.3) is 11.0 Å². The lowest BCUT2D eigenvalue weighted by Gasteiger charge is -2.27. The first kappa shape index (κ1) is 20.4. The average molecular weight is 428 g/mol. The lowest BCUT2D eigenvalue weighted by atomic mass is 10.1. The van der Waals surface area contributed by atoms with Gasteiger partial charge in [0.1, 0.15) is 17.7 Å². The zero-order chi connectivity index (χ0) is 20.9. The lowest BCUT2D eigenvalue weighted by Crippen LogP contribution is -2.40. The van der Waals surface area contributed by atoms with Crippen LogP contribution in [0.5, 0.6) is 0 Å². The maximum absolute atomic E-state index is 13.2. The smallest absolute Gasteiger partial charge is 0.232 e. The van der Waals surface area contributed by atoms with Crippen LogP contribution in [0.15, 0.2) is 53.3 Å². The van der Waals surface area contributed by atoms with Crippen LogP contribution in [0.3, 0.4) is 0 Å². The molecule has 0 aliphatic carbocycles. The number of hydrogen-bond acceptors (Lipinski definition) is 5. The van der Waals surface area contributed by atoms with Gasteiger partial charge in [-0.05, 0) is 30.7 Å². The van der Waals surface area contributed by atoms with E-state index in [1.54, 1.807) is 23.3 Å². The quantitative estimate of drug-likeness (QED) is 0.590. The number of morpholine rings is 1. The number of aromatic nitrogens is 1. The van der Waals surface area contributed by atoms with Gasteiger partial charge in [-0.1, -0.05) is 23.7 Å². The average Bonchev–Trinajstić information content (AvgIpc) is 3.20. The highest BCUT2D eigenvalue weighted by Gasteiger charge is 2.24. The number of ether oxygens (including phenoxy) is 1. The zero-order valence-electron chi connectivity index (χ0n) is 16.4. The molecular weight excluding hydrogens is 406 g/mol. The van der Waals surface area contributed by atoms with E-state index in [0.29, 0.717) is 61.3 Å². The molecule has 2 aromatic heterocycles. The van der Waals surface area contributed by atoms with Crippen LogP contribution in [0.1, 0.15) is 19.3 Å². The molecule has 0 saturated carbocycles. The van der Waals surface area contributed by atoms with Gasteiger partial charge in [0.15, 0.2) is 0 Å². The third-order valence-electron chi connectivity index (χ3n) is 5.04. The minimum absolute atomic E-state index is 0.0519. The summed E-state index contributed by atoms with van der Waals surface area (Å²) in [7, 11) is 0. The summed E-state index contributed by atoms with van der Waals surface area (Å²) in [6, 6.07) is 10.9. The Balaban J connectivity index is 1.51. The Bertz CT molecular complexity index is 1030. The van der Waals surface area contributed by atoms with Crippen LogP contribution in [0.4, 0.5) is 11.5 Å². The third kappa shape index (κ3) is 4.47. The van der Waals surface area contributed by atoms with Gasteiger partial charge in [-0.25, -0.2) is 4.98 Å². The van der Waals surface area contributed by atoms with Crippen LogP contribution in [-0.2, 0) is 14.3 Å². The summed E-state index contributed by atoms with van der Waals surface area (Å²) in [5, 5.41) is 1.30. The van der Waals surface area contributed by atoms with E-state index in [4.69, 9.17) is 20.8 Å². The Morgan fingerprint density at radius 2 is 1.90 bits per heavy atom. The molecule has 1 aliphatic rings. The minimum atomic E-state index is -0.161. The molecule has 0 radical (unpaired) electrons. The highest BCUT2D eigenvalue weighted by Crippen LogP contribution is 2.34. The molecule has 1 aromatic carbocycles. The summed E-state index contributed by atoms with van der Waals surface area (Å²) in [5.74, 6) is 0.345. The van der Waals surface area contributed by atoms with Crippen molar-refractivity contribution in [1.82, 2.24) is 9.88 Å². The predicted octanol–water partition coefficient (Wildman–Crippen LogP) is 4.18. The molecule has 0 N–H and O–H groups in total. The second-order valence-electron chi connectivity index (χ2n) is 7.03. The fourth-order valence-electron chi connectivity index (χ4n) is 3.50. The number of furan rings is 1. The Kier molecular flexibility index (Phi) is 6.30. The summed E-state index contributed by atoms with van der Waals surface area (Å²) in [6.07, 6.45) is 4.04. The number of nitrogens with zero attached hydrogens (tertiary/aromatic N) is 3. The fourth-order valence-corrected chi connectivity index (χ4v) is 3.61. The van der Waals surface area contributed by atoms with Crippen molar-refractivity contribution in [3.8, 4) is 0 Å². The maximum Gasteiger partial charge on any atom is 0.232 e. The summed E-state index contributed by atoms with van der Waals surface area (Å²) >= 11 is 5.97. The van der Waals surface area contributed by atoms with Crippen LogP contribution in [0.2, 0.25) is 5.02 Å². The van der Waals surface area contributed by atoms with Crippen LogP contribution < -0.4 is 4.90 Å². The first-order valence-corrected chi connectivity index (χ1v) is 10.3. The predicted molar refractivity (Wildman–Crippen MR) is 114 cm³/mol. The number of rotatable bonds is 6. The van der Waals surface area contributed by atoms with Crippen molar-refractivity contribution in [1.29, 1.82) is 0 Å². The van der Waals surface area contributed by atoms with Gasteiger partial charge in [-0.2, -0.15) is 0 Å². The van der Waals surface area contributed by atoms with Crippen molar-refractivity contribution in [2.24, 2.45) is 0 Å². The summed E-state index contributed by atoms with van der Waals surface area (Å²) in [5.41, 5.74) is 1.30. The molecular formula is C22H22ClN3O4. The largest absolute Gasteiger partial charge is 0.462 e. The van der Waals surface area contributed by atoms with Gasteiger partial charge in [-0.15, -0.1) is 0 Å². The van der Waals surface area contributed by atoms with E-state index in [1.807, 2.05) is 24.3 Å². The number of fused-ring (bicyclic) bond motifs is 1. The fraction of sp³-hybridized carbons (Fsp3) is 0.318. The van der Waals surface area contributed by atoms with E-state index < -0.39 is 0 Å². The first-order chi connectivity index (χ1) is 14.6. The van der Waals surface area contributed by atoms with E-state index in [0.717, 1.165) is 5.39 Å². The number of amides is 2. The molecule has 4 rings (SSSR count). The van der Waals surface area contributed by atoms with Crippen LogP contribution in [-0.4, -0.2) is 48.0 Å². The van der Waals surface area contributed by atoms with Gasteiger partial charge in [0.05, 0.1) is 23.9 Å². The summed E-state index contributed by atoms with van der Waals surface area (Å²) < 4.78 is 10.9. The molecule has 156 valence electrons. The van der Waals surface area contributed by atoms with Gasteiger partial charge in [0, 0.05) is 37.5 Å². The normalized spacial score (nSPS) is 14.1. The highest BCUT2D eigenvalue weighted by molar-refractivity contribution is 6.30. The first-order valence-electron chi connectivity index (χ1n) is 9.90. The Hall–Kier alpha value is -2.90. The summed E-state index contributed by atoms with van der Waals surface area (Å²) in [4.78, 5) is 33.2. The Morgan fingerprint density at radius 3 is 2.67 bits per heavy atom. The number of hydrogen-bond donors (Lipinski definition) is 0. The SMILES string of the molecule is O=C(CCCC(=O)N(c1ccc(Cl)cn1)c1coc2ccccc12)N1CCOCC1. The van der Waals surface area contributed by atoms with Crippen LogP contribution in [0, 0.1) is 0 Å². The monoisotopic (exact) mass is 427 g/mol. The number of para-hydroxylation sites is 1. The lowest BCUT2D eigenvalue weighted by molar-refractivity contribution is -0.135. The topological polar surface area (TPSA) is 75.9 Å². The van der Waals surface area contributed by atoms with E-state index in [9.17, 15) is 9.59 Å². The third-order valence-corrected chi connectivity index (χ3v) is 5.26. The van der Waals surface area contributed by atoms with E-state index in [-0.39, 0.29) is 18.2 Å². The van der Waals surface area contributed by atoms with Crippen molar-refractivity contribution in [3.63, 3.8) is 0 Å². The molecule has 0 spiro atoms. The number of benzene rings is 1. The summed E-state index contributed by atoms with van der Waals surface area (Å²) in [6.45, 7) is 2.34. The van der Waals surface area contributed by atoms with E-state index in [1.165, 1.54) is 11.1 Å². The molecule has 0 bridgehead atoms. The second-order valence-corrected chi connectivity index (χ2v) is 7.46. The van der Waals surface area contributed by atoms with Gasteiger partial charge >= 0.3 is 0 Å². The molecule has 30 heavy (non-hydrogen) atoms. The van der Waals surface area contributed by atoms with Gasteiger partial charge in [0.25, 0.3) is 0 Å². The van der Waals surface area contributed by atoms with E-state index >= 15 is 0 Å². The number of carbonyl (C=O) groups excluding carboxylic acids is 2. The van der Waals surface area contributed by atoms with E-state index in [2.05, 4.69) is 4.98 Å². The molecule has 3 heterocycles. The zero-order valence-corrected chi connectivity index (χ0v) is 17.2. The molecule has 7 nitrogen and oxygen atoms in total. The van der Waals surface area contributed by atoms with Crippen molar-refractivity contribution in [2.75, 3.05) is 31.2 Å². The van der Waals surface area contributed by atoms with Gasteiger partial charge in [0.2, 0.25) is 11.8 Å². The van der Waals surface area contributed by atoms with Crippen molar-refractivity contribution in [3.05, 3.63) is 53.9 Å². The molecule has 2 amide bonds. The molecule has 0 atom stereocenters. The maximum atomic E-state index is 13.2. The number of halogens is 1. The molecule has 0 unspecified atom stereocenters.